The number of likely N-dealkylation sites (tertiary alicyclic amines) is 1. The van der Waals surface area contributed by atoms with Crippen molar-refractivity contribution in [1.82, 2.24) is 15.5 Å². The molecule has 1 aliphatic rings. The highest BCUT2D eigenvalue weighted by molar-refractivity contribution is 14.0. The highest BCUT2D eigenvalue weighted by atomic mass is 127. The summed E-state index contributed by atoms with van der Waals surface area (Å²) in [5.41, 5.74) is 0.775. The average molecular weight is 492 g/mol. The smallest absolute Gasteiger partial charge is 0.222 e. The molecule has 27 heavy (non-hydrogen) atoms. The Morgan fingerprint density at radius 1 is 1.37 bits per heavy atom. The molecule has 0 spiro atoms. The van der Waals surface area contributed by atoms with Crippen LogP contribution in [0.25, 0.3) is 0 Å². The maximum absolute atomic E-state index is 13.9. The van der Waals surface area contributed by atoms with Gasteiger partial charge in [-0.2, -0.15) is 0 Å². The molecule has 8 heteroatoms. The standard InChI is InChI=1S/C19H29FN4O2.HI/c1-4-18(25)24-10-9-15(13-24)23-19(21-5-2)22-12-14-7-8-17(26-6-3)16(20)11-14;/h7-8,11,15H,4-6,9-10,12-13H2,1-3H3,(H2,21,22,23);1H. The van der Waals surface area contributed by atoms with Gasteiger partial charge in [0.1, 0.15) is 0 Å². The van der Waals surface area contributed by atoms with Crippen molar-refractivity contribution in [2.45, 2.75) is 46.2 Å². The number of halogens is 2. The number of carbonyl (C=O) groups excluding carboxylic acids is 1. The van der Waals surface area contributed by atoms with E-state index < -0.39 is 0 Å². The van der Waals surface area contributed by atoms with Gasteiger partial charge in [0.2, 0.25) is 5.91 Å². The maximum atomic E-state index is 13.9. The van der Waals surface area contributed by atoms with Gasteiger partial charge in [0, 0.05) is 32.1 Å². The minimum absolute atomic E-state index is 0. The molecule has 0 aromatic heterocycles. The third-order valence-corrected chi connectivity index (χ3v) is 4.24. The zero-order chi connectivity index (χ0) is 18.9. The van der Waals surface area contributed by atoms with Crippen LogP contribution in [-0.2, 0) is 11.3 Å². The lowest BCUT2D eigenvalue weighted by Gasteiger charge is -2.18. The van der Waals surface area contributed by atoms with E-state index >= 15 is 0 Å². The van der Waals surface area contributed by atoms with Gasteiger partial charge in [-0.3, -0.25) is 4.79 Å². The Morgan fingerprint density at radius 3 is 2.78 bits per heavy atom. The van der Waals surface area contributed by atoms with Gasteiger partial charge in [-0.05, 0) is 38.0 Å². The van der Waals surface area contributed by atoms with Gasteiger partial charge < -0.3 is 20.3 Å². The molecule has 1 aliphatic heterocycles. The van der Waals surface area contributed by atoms with Crippen LogP contribution in [0, 0.1) is 5.82 Å². The van der Waals surface area contributed by atoms with Crippen molar-refractivity contribution in [3.05, 3.63) is 29.6 Å². The summed E-state index contributed by atoms with van der Waals surface area (Å²) in [6.07, 6.45) is 1.43. The van der Waals surface area contributed by atoms with Gasteiger partial charge >= 0.3 is 0 Å². The van der Waals surface area contributed by atoms with Crippen LogP contribution in [0.15, 0.2) is 23.2 Å². The van der Waals surface area contributed by atoms with Crippen molar-refractivity contribution in [1.29, 1.82) is 0 Å². The molecule has 2 rings (SSSR count). The number of ether oxygens (including phenoxy) is 1. The highest BCUT2D eigenvalue weighted by Gasteiger charge is 2.25. The van der Waals surface area contributed by atoms with Crippen molar-refractivity contribution in [3.8, 4) is 5.75 Å². The van der Waals surface area contributed by atoms with Crippen LogP contribution < -0.4 is 15.4 Å². The molecule has 1 heterocycles. The largest absolute Gasteiger partial charge is 0.491 e. The molecule has 152 valence electrons. The highest BCUT2D eigenvalue weighted by Crippen LogP contribution is 2.18. The third kappa shape index (κ3) is 7.15. The lowest BCUT2D eigenvalue weighted by molar-refractivity contribution is -0.129. The molecular weight excluding hydrogens is 462 g/mol. The molecule has 1 amide bonds. The van der Waals surface area contributed by atoms with E-state index in [4.69, 9.17) is 4.74 Å². The number of benzene rings is 1. The molecule has 1 saturated heterocycles. The first-order valence-electron chi connectivity index (χ1n) is 9.31. The summed E-state index contributed by atoms with van der Waals surface area (Å²) in [7, 11) is 0. The van der Waals surface area contributed by atoms with Crippen molar-refractivity contribution in [2.24, 2.45) is 4.99 Å². The van der Waals surface area contributed by atoms with Crippen LogP contribution in [0.4, 0.5) is 4.39 Å². The minimum atomic E-state index is -0.373. The first kappa shape index (κ1) is 23.5. The Labute approximate surface area is 178 Å². The number of nitrogens with one attached hydrogen (secondary N) is 2. The van der Waals surface area contributed by atoms with Crippen molar-refractivity contribution in [2.75, 3.05) is 26.2 Å². The minimum Gasteiger partial charge on any atom is -0.491 e. The molecule has 0 bridgehead atoms. The number of hydrogen-bond acceptors (Lipinski definition) is 3. The van der Waals surface area contributed by atoms with Crippen LogP contribution in [0.5, 0.6) is 5.75 Å². The Balaban J connectivity index is 0.00000364. The van der Waals surface area contributed by atoms with Crippen LogP contribution in [-0.4, -0.2) is 49.0 Å². The summed E-state index contributed by atoms with van der Waals surface area (Å²) < 4.78 is 19.2. The number of amides is 1. The van der Waals surface area contributed by atoms with E-state index in [-0.39, 0.29) is 47.5 Å². The van der Waals surface area contributed by atoms with Gasteiger partial charge in [-0.15, -0.1) is 24.0 Å². The number of carbonyl (C=O) groups is 1. The lowest BCUT2D eigenvalue weighted by atomic mass is 10.2. The summed E-state index contributed by atoms with van der Waals surface area (Å²) in [5.74, 6) is 0.748. The molecule has 2 N–H and O–H groups in total. The first-order chi connectivity index (χ1) is 12.6. The summed E-state index contributed by atoms with van der Waals surface area (Å²) in [6.45, 7) is 8.69. The monoisotopic (exact) mass is 492 g/mol. The van der Waals surface area contributed by atoms with Crippen molar-refractivity contribution < 1.29 is 13.9 Å². The van der Waals surface area contributed by atoms with E-state index in [1.54, 1.807) is 6.07 Å². The molecule has 1 aromatic carbocycles. The van der Waals surface area contributed by atoms with Crippen LogP contribution >= 0.6 is 24.0 Å². The molecule has 1 fully saturated rings. The molecule has 0 saturated carbocycles. The van der Waals surface area contributed by atoms with Crippen LogP contribution in [0.1, 0.15) is 39.2 Å². The maximum Gasteiger partial charge on any atom is 0.222 e. The van der Waals surface area contributed by atoms with E-state index in [1.165, 1.54) is 6.07 Å². The predicted octanol–water partition coefficient (Wildman–Crippen LogP) is 2.91. The van der Waals surface area contributed by atoms with Crippen LogP contribution in [0.2, 0.25) is 0 Å². The first-order valence-corrected chi connectivity index (χ1v) is 9.31. The summed E-state index contributed by atoms with van der Waals surface area (Å²) >= 11 is 0. The van der Waals surface area contributed by atoms with E-state index in [0.717, 1.165) is 25.1 Å². The van der Waals surface area contributed by atoms with E-state index in [1.807, 2.05) is 31.7 Å². The van der Waals surface area contributed by atoms with Gasteiger partial charge in [0.15, 0.2) is 17.5 Å². The quantitative estimate of drug-likeness (QED) is 0.349. The molecule has 0 radical (unpaired) electrons. The fourth-order valence-corrected chi connectivity index (χ4v) is 2.93. The van der Waals surface area contributed by atoms with Gasteiger partial charge in [0.05, 0.1) is 13.2 Å². The number of guanidine groups is 1. The summed E-state index contributed by atoms with van der Waals surface area (Å²) in [4.78, 5) is 18.2. The average Bonchev–Trinajstić information content (AvgIpc) is 3.10. The molecule has 1 aromatic rings. The van der Waals surface area contributed by atoms with Crippen LogP contribution in [0.3, 0.4) is 0 Å². The predicted molar refractivity (Wildman–Crippen MR) is 116 cm³/mol. The number of hydrogen-bond donors (Lipinski definition) is 2. The Hall–Kier alpha value is -1.58. The molecule has 1 atom stereocenters. The molecule has 0 aliphatic carbocycles. The second kappa shape index (κ2) is 12.0. The summed E-state index contributed by atoms with van der Waals surface area (Å²) in [6, 6.07) is 5.09. The zero-order valence-electron chi connectivity index (χ0n) is 16.3. The topological polar surface area (TPSA) is 66.0 Å². The third-order valence-electron chi connectivity index (χ3n) is 4.24. The summed E-state index contributed by atoms with van der Waals surface area (Å²) in [5, 5.41) is 6.57. The fraction of sp³-hybridized carbons (Fsp3) is 0.579. The number of nitrogens with zero attached hydrogens (tertiary/aromatic N) is 2. The Morgan fingerprint density at radius 2 is 2.15 bits per heavy atom. The number of aliphatic imine (C=N–C) groups is 1. The van der Waals surface area contributed by atoms with Gasteiger partial charge in [-0.1, -0.05) is 13.0 Å². The van der Waals surface area contributed by atoms with Crippen molar-refractivity contribution >= 4 is 35.8 Å². The van der Waals surface area contributed by atoms with E-state index in [0.29, 0.717) is 32.1 Å². The molecule has 6 nitrogen and oxygen atoms in total. The lowest BCUT2D eigenvalue weighted by Crippen LogP contribution is -2.45. The second-order valence-corrected chi connectivity index (χ2v) is 6.22. The van der Waals surface area contributed by atoms with E-state index in [9.17, 15) is 9.18 Å². The molecular formula is C19H30FIN4O2. The van der Waals surface area contributed by atoms with Gasteiger partial charge in [-0.25, -0.2) is 9.38 Å². The van der Waals surface area contributed by atoms with Gasteiger partial charge in [0.25, 0.3) is 0 Å². The Bertz CT molecular complexity index is 642. The zero-order valence-corrected chi connectivity index (χ0v) is 18.6. The number of rotatable bonds is 7. The Kier molecular flexibility index (Phi) is 10.4. The van der Waals surface area contributed by atoms with E-state index in [2.05, 4.69) is 15.6 Å². The SMILES string of the molecule is CCNC(=NCc1ccc(OCC)c(F)c1)NC1CCN(C(=O)CC)C1.I. The van der Waals surface area contributed by atoms with Crippen molar-refractivity contribution in [3.63, 3.8) is 0 Å². The molecule has 1 unspecified atom stereocenters. The fourth-order valence-electron chi connectivity index (χ4n) is 2.93. The second-order valence-electron chi connectivity index (χ2n) is 6.22. The normalized spacial score (nSPS) is 16.7.